The Balaban J connectivity index is 1.79. The van der Waals surface area contributed by atoms with Gasteiger partial charge in [0.1, 0.15) is 12.4 Å². The first-order valence-electron chi connectivity index (χ1n) is 12.7. The predicted octanol–water partition coefficient (Wildman–Crippen LogP) is 2.50. The van der Waals surface area contributed by atoms with Gasteiger partial charge in [0.15, 0.2) is 0 Å². The maximum atomic E-state index is 13.7. The summed E-state index contributed by atoms with van der Waals surface area (Å²) in [5.41, 5.74) is 1.73. The number of ether oxygens (including phenoxy) is 1. The van der Waals surface area contributed by atoms with Crippen LogP contribution in [0.1, 0.15) is 36.2 Å². The number of carbonyl (C=O) groups is 3. The van der Waals surface area contributed by atoms with Crippen LogP contribution in [0.25, 0.3) is 0 Å². The highest BCUT2D eigenvalue weighted by Gasteiger charge is 2.32. The summed E-state index contributed by atoms with van der Waals surface area (Å²) in [6.07, 6.45) is 0.742. The van der Waals surface area contributed by atoms with Crippen LogP contribution in [0, 0.1) is 0 Å². The minimum atomic E-state index is -0.418. The molecule has 0 saturated carbocycles. The molecule has 206 valence electrons. The lowest BCUT2D eigenvalue weighted by Gasteiger charge is -2.30. The summed E-state index contributed by atoms with van der Waals surface area (Å²) in [4.78, 5) is 44.1. The standard InChI is InChI=1S/C27H35ClN4O6/c1-3-10-30(11-12-33)25(35)16-29-27(37)31-18-20-6-4-5-7-24(20)32(17-19(31)2)26(36)22-9-8-21(15-23(22)28)38-14-13-34/h4-9,15,19,33-34H,3,10-14,16-18H2,1-2H3,(H,29,37)/t19-/m1/s1. The number of nitrogens with one attached hydrogen (secondary N) is 1. The zero-order chi connectivity index (χ0) is 27.7. The quantitative estimate of drug-likeness (QED) is 0.421. The maximum Gasteiger partial charge on any atom is 0.318 e. The third kappa shape index (κ3) is 7.15. The van der Waals surface area contributed by atoms with Crippen LogP contribution in [-0.4, -0.2) is 89.9 Å². The fourth-order valence-corrected chi connectivity index (χ4v) is 4.61. The van der Waals surface area contributed by atoms with E-state index in [-0.39, 0.29) is 74.4 Å². The summed E-state index contributed by atoms with van der Waals surface area (Å²) < 4.78 is 5.38. The number of benzene rings is 2. The number of urea groups is 1. The van der Waals surface area contributed by atoms with Crippen LogP contribution in [0.15, 0.2) is 42.5 Å². The van der Waals surface area contributed by atoms with Crippen molar-refractivity contribution in [2.45, 2.75) is 32.9 Å². The fourth-order valence-electron chi connectivity index (χ4n) is 4.36. The molecule has 1 aliphatic rings. The predicted molar refractivity (Wildman–Crippen MR) is 145 cm³/mol. The highest BCUT2D eigenvalue weighted by molar-refractivity contribution is 6.34. The molecule has 38 heavy (non-hydrogen) atoms. The van der Waals surface area contributed by atoms with Crippen LogP contribution in [-0.2, 0) is 11.3 Å². The van der Waals surface area contributed by atoms with Gasteiger partial charge in [0.05, 0.1) is 30.3 Å². The molecule has 0 bridgehead atoms. The van der Waals surface area contributed by atoms with Gasteiger partial charge in [-0.15, -0.1) is 0 Å². The van der Waals surface area contributed by atoms with Crippen molar-refractivity contribution in [3.8, 4) is 5.75 Å². The number of halogens is 1. The highest BCUT2D eigenvalue weighted by atomic mass is 35.5. The van der Waals surface area contributed by atoms with E-state index < -0.39 is 6.03 Å². The Hall–Kier alpha value is -3.34. The van der Waals surface area contributed by atoms with Crippen LogP contribution in [0.4, 0.5) is 10.5 Å². The van der Waals surface area contributed by atoms with Gasteiger partial charge >= 0.3 is 6.03 Å². The summed E-state index contributed by atoms with van der Waals surface area (Å²) in [5.74, 6) is -0.145. The maximum absolute atomic E-state index is 13.7. The van der Waals surface area contributed by atoms with Crippen molar-refractivity contribution in [3.63, 3.8) is 0 Å². The first kappa shape index (κ1) is 29.2. The molecule has 1 aliphatic heterocycles. The summed E-state index contributed by atoms with van der Waals surface area (Å²) in [6, 6.07) is 11.3. The van der Waals surface area contributed by atoms with E-state index in [1.54, 1.807) is 21.9 Å². The van der Waals surface area contributed by atoms with Gasteiger partial charge in [-0.1, -0.05) is 36.7 Å². The SMILES string of the molecule is CCCN(CCO)C(=O)CNC(=O)N1Cc2ccccc2N(C(=O)c2ccc(OCCO)cc2Cl)C[C@H]1C. The molecule has 1 atom stereocenters. The summed E-state index contributed by atoms with van der Waals surface area (Å²) >= 11 is 6.43. The van der Waals surface area contributed by atoms with Crippen molar-refractivity contribution in [2.24, 2.45) is 0 Å². The largest absolute Gasteiger partial charge is 0.491 e. The molecule has 0 fully saturated rings. The zero-order valence-electron chi connectivity index (χ0n) is 21.7. The van der Waals surface area contributed by atoms with Gasteiger partial charge in [0, 0.05) is 37.9 Å². The Morgan fingerprint density at radius 1 is 1.13 bits per heavy atom. The van der Waals surface area contributed by atoms with Gasteiger partial charge in [-0.2, -0.15) is 0 Å². The molecule has 2 aromatic rings. The molecule has 4 amide bonds. The third-order valence-corrected chi connectivity index (χ3v) is 6.56. The molecule has 0 aromatic heterocycles. The van der Waals surface area contributed by atoms with E-state index in [2.05, 4.69) is 5.32 Å². The van der Waals surface area contributed by atoms with Gasteiger partial charge < -0.3 is 35.0 Å². The number of anilines is 1. The molecule has 3 rings (SSSR count). The molecule has 11 heteroatoms. The lowest BCUT2D eigenvalue weighted by molar-refractivity contribution is -0.130. The van der Waals surface area contributed by atoms with Crippen molar-refractivity contribution >= 4 is 35.1 Å². The second-order valence-electron chi connectivity index (χ2n) is 9.00. The molecule has 0 unspecified atom stereocenters. The number of carbonyl (C=O) groups excluding carboxylic acids is 3. The normalized spacial score (nSPS) is 14.9. The molecule has 1 heterocycles. The monoisotopic (exact) mass is 546 g/mol. The Morgan fingerprint density at radius 2 is 1.89 bits per heavy atom. The molecule has 10 nitrogen and oxygen atoms in total. The van der Waals surface area contributed by atoms with E-state index in [0.29, 0.717) is 18.0 Å². The Bertz CT molecular complexity index is 1120. The smallest absolute Gasteiger partial charge is 0.318 e. The molecule has 0 radical (unpaired) electrons. The number of rotatable bonds is 10. The topological polar surface area (TPSA) is 123 Å². The minimum absolute atomic E-state index is 0.113. The van der Waals surface area contributed by atoms with Crippen molar-refractivity contribution in [1.29, 1.82) is 0 Å². The first-order valence-corrected chi connectivity index (χ1v) is 13.0. The van der Waals surface area contributed by atoms with E-state index >= 15 is 0 Å². The van der Waals surface area contributed by atoms with Gasteiger partial charge in [0.25, 0.3) is 5.91 Å². The Labute approximate surface area is 227 Å². The van der Waals surface area contributed by atoms with Crippen molar-refractivity contribution < 1.29 is 29.3 Å². The van der Waals surface area contributed by atoms with Gasteiger partial charge in [0.2, 0.25) is 5.91 Å². The van der Waals surface area contributed by atoms with Crippen molar-refractivity contribution in [2.75, 3.05) is 50.9 Å². The number of hydrogen-bond acceptors (Lipinski definition) is 6. The number of aliphatic hydroxyl groups excluding tert-OH is 2. The van der Waals surface area contributed by atoms with Crippen molar-refractivity contribution in [3.05, 3.63) is 58.6 Å². The second kappa shape index (κ2) is 14.0. The van der Waals surface area contributed by atoms with Crippen LogP contribution in [0.2, 0.25) is 5.02 Å². The molecule has 0 aliphatic carbocycles. The molecule has 3 N–H and O–H groups in total. The summed E-state index contributed by atoms with van der Waals surface area (Å²) in [5, 5.41) is 21.1. The average Bonchev–Trinajstić information content (AvgIpc) is 3.06. The lowest BCUT2D eigenvalue weighted by Crippen LogP contribution is -2.50. The number of aliphatic hydroxyl groups is 2. The number of nitrogens with zero attached hydrogens (tertiary/aromatic N) is 3. The number of para-hydroxylation sites is 1. The molecular weight excluding hydrogens is 512 g/mol. The molecule has 2 aromatic carbocycles. The van der Waals surface area contributed by atoms with Crippen LogP contribution in [0.3, 0.4) is 0 Å². The Kier molecular flexibility index (Phi) is 10.8. The number of hydrogen-bond donors (Lipinski definition) is 3. The summed E-state index contributed by atoms with van der Waals surface area (Å²) in [6.45, 7) is 4.59. The van der Waals surface area contributed by atoms with Gasteiger partial charge in [-0.3, -0.25) is 9.59 Å². The van der Waals surface area contributed by atoms with Gasteiger partial charge in [-0.25, -0.2) is 4.79 Å². The van der Waals surface area contributed by atoms with Crippen LogP contribution >= 0.6 is 11.6 Å². The van der Waals surface area contributed by atoms with E-state index in [4.69, 9.17) is 21.4 Å². The number of amides is 4. The summed E-state index contributed by atoms with van der Waals surface area (Å²) in [7, 11) is 0. The molecule has 0 saturated heterocycles. The fraction of sp³-hybridized carbons (Fsp3) is 0.444. The van der Waals surface area contributed by atoms with E-state index in [0.717, 1.165) is 12.0 Å². The molecule has 0 spiro atoms. The van der Waals surface area contributed by atoms with Crippen LogP contribution < -0.4 is 15.0 Å². The van der Waals surface area contributed by atoms with E-state index in [1.807, 2.05) is 38.1 Å². The zero-order valence-corrected chi connectivity index (χ0v) is 22.5. The van der Waals surface area contributed by atoms with Crippen LogP contribution in [0.5, 0.6) is 5.75 Å². The highest BCUT2D eigenvalue weighted by Crippen LogP contribution is 2.31. The third-order valence-electron chi connectivity index (χ3n) is 6.25. The van der Waals surface area contributed by atoms with Gasteiger partial charge in [-0.05, 0) is 43.2 Å². The van der Waals surface area contributed by atoms with E-state index in [1.165, 1.54) is 11.0 Å². The van der Waals surface area contributed by atoms with E-state index in [9.17, 15) is 19.5 Å². The average molecular weight is 547 g/mol. The lowest BCUT2D eigenvalue weighted by atomic mass is 10.1. The second-order valence-corrected chi connectivity index (χ2v) is 9.41. The Morgan fingerprint density at radius 3 is 2.58 bits per heavy atom. The van der Waals surface area contributed by atoms with Crippen molar-refractivity contribution in [1.82, 2.24) is 15.1 Å². The molecular formula is C27H35ClN4O6. The minimum Gasteiger partial charge on any atom is -0.491 e. The number of fused-ring (bicyclic) bond motifs is 1. The first-order chi connectivity index (χ1) is 18.3.